The van der Waals surface area contributed by atoms with Crippen molar-refractivity contribution < 1.29 is 42.2 Å². The standard InChI is InChI=1S/C24H25ClF2N4O7S/c25-19-7-6-18(39-19)22(34)28-11-15(30-24(35)37-14-2-1-3-14)21(33)29-13-4-5-16(17(10-13)38-23(26)27)31-8-9-36-12-20(31)32/h4-7,10,14-15,23H,1-3,8-9,11-12H2,(H,28,34)(H,29,33)(H,30,35)/t15-/m0/s1. The number of thiophene rings is 1. The third kappa shape index (κ3) is 7.77. The van der Waals surface area contributed by atoms with E-state index >= 15 is 0 Å². The topological polar surface area (TPSA) is 135 Å². The lowest BCUT2D eigenvalue weighted by molar-refractivity contribution is -0.125. The molecule has 1 aliphatic heterocycles. The van der Waals surface area contributed by atoms with Crippen molar-refractivity contribution in [3.05, 3.63) is 39.5 Å². The van der Waals surface area contributed by atoms with Crippen LogP contribution in [0.5, 0.6) is 5.75 Å². The Balaban J connectivity index is 1.48. The minimum atomic E-state index is -3.19. The molecule has 1 saturated heterocycles. The van der Waals surface area contributed by atoms with Crippen LogP contribution in [0, 0.1) is 0 Å². The maximum absolute atomic E-state index is 13.1. The fourth-order valence-corrected chi connectivity index (χ4v) is 4.71. The summed E-state index contributed by atoms with van der Waals surface area (Å²) in [6.07, 6.45) is 1.27. The first-order chi connectivity index (χ1) is 18.7. The Morgan fingerprint density at radius 3 is 2.64 bits per heavy atom. The Morgan fingerprint density at radius 1 is 1.21 bits per heavy atom. The maximum atomic E-state index is 13.1. The molecule has 1 aromatic carbocycles. The molecule has 2 fully saturated rings. The molecular formula is C24H25ClF2N4O7S. The molecule has 0 radical (unpaired) electrons. The van der Waals surface area contributed by atoms with Gasteiger partial charge < -0.3 is 35.1 Å². The lowest BCUT2D eigenvalue weighted by Gasteiger charge is -2.28. The van der Waals surface area contributed by atoms with E-state index in [-0.39, 0.29) is 49.5 Å². The van der Waals surface area contributed by atoms with E-state index in [9.17, 15) is 28.0 Å². The van der Waals surface area contributed by atoms with Gasteiger partial charge in [-0.2, -0.15) is 8.78 Å². The van der Waals surface area contributed by atoms with E-state index in [0.29, 0.717) is 22.1 Å². The van der Waals surface area contributed by atoms with Crippen molar-refractivity contribution in [3.63, 3.8) is 0 Å². The number of anilines is 2. The predicted molar refractivity (Wildman–Crippen MR) is 138 cm³/mol. The molecule has 0 unspecified atom stereocenters. The van der Waals surface area contributed by atoms with Gasteiger partial charge in [-0.3, -0.25) is 14.4 Å². The first kappa shape index (κ1) is 28.5. The van der Waals surface area contributed by atoms with Crippen LogP contribution in [0.3, 0.4) is 0 Å². The average Bonchev–Trinajstić information content (AvgIpc) is 3.30. The molecule has 210 valence electrons. The minimum absolute atomic E-state index is 0.0515. The van der Waals surface area contributed by atoms with Gasteiger partial charge in [-0.05, 0) is 43.5 Å². The van der Waals surface area contributed by atoms with E-state index in [1.165, 1.54) is 23.1 Å². The molecule has 1 atom stereocenters. The number of hydrogen-bond donors (Lipinski definition) is 3. The summed E-state index contributed by atoms with van der Waals surface area (Å²) >= 11 is 6.91. The first-order valence-electron chi connectivity index (χ1n) is 12.0. The fourth-order valence-electron chi connectivity index (χ4n) is 3.75. The molecular weight excluding hydrogens is 562 g/mol. The second-order valence-corrected chi connectivity index (χ2v) is 10.3. The normalized spacial score (nSPS) is 16.3. The number of amides is 4. The average molecular weight is 587 g/mol. The molecule has 3 N–H and O–H groups in total. The number of hydrogen-bond acceptors (Lipinski definition) is 8. The zero-order valence-electron chi connectivity index (χ0n) is 20.4. The van der Waals surface area contributed by atoms with Crippen molar-refractivity contribution in [2.45, 2.75) is 38.0 Å². The van der Waals surface area contributed by atoms with Crippen molar-refractivity contribution in [2.75, 3.05) is 36.5 Å². The molecule has 1 aliphatic carbocycles. The molecule has 1 aromatic heterocycles. The number of halogens is 3. The van der Waals surface area contributed by atoms with Crippen LogP contribution >= 0.6 is 22.9 Å². The summed E-state index contributed by atoms with van der Waals surface area (Å²) in [5.74, 6) is -2.04. The molecule has 0 bridgehead atoms. The van der Waals surface area contributed by atoms with Gasteiger partial charge in [0.2, 0.25) is 5.91 Å². The number of alkyl carbamates (subject to hydrolysis) is 1. The highest BCUT2D eigenvalue weighted by Gasteiger charge is 2.28. The number of benzene rings is 1. The van der Waals surface area contributed by atoms with Crippen molar-refractivity contribution in [2.24, 2.45) is 0 Å². The summed E-state index contributed by atoms with van der Waals surface area (Å²) in [7, 11) is 0. The third-order valence-corrected chi connectivity index (χ3v) is 7.15. The van der Waals surface area contributed by atoms with Crippen LogP contribution in [0.25, 0.3) is 0 Å². The number of nitrogens with zero attached hydrogens (tertiary/aromatic N) is 1. The molecule has 4 amide bonds. The lowest BCUT2D eigenvalue weighted by atomic mass is 9.96. The molecule has 15 heteroatoms. The number of rotatable bonds is 10. The molecule has 2 heterocycles. The van der Waals surface area contributed by atoms with Gasteiger partial charge in [0.25, 0.3) is 11.8 Å². The van der Waals surface area contributed by atoms with Crippen LogP contribution in [0.4, 0.5) is 25.0 Å². The summed E-state index contributed by atoms with van der Waals surface area (Å²) in [6, 6.07) is 5.67. The van der Waals surface area contributed by atoms with Crippen LogP contribution in [0.2, 0.25) is 4.34 Å². The van der Waals surface area contributed by atoms with Crippen LogP contribution in [0.1, 0.15) is 28.9 Å². The summed E-state index contributed by atoms with van der Waals surface area (Å²) in [4.78, 5) is 51.7. The first-order valence-corrected chi connectivity index (χ1v) is 13.2. The van der Waals surface area contributed by atoms with Crippen LogP contribution in [-0.4, -0.2) is 68.9 Å². The van der Waals surface area contributed by atoms with Crippen molar-refractivity contribution in [1.29, 1.82) is 0 Å². The zero-order valence-corrected chi connectivity index (χ0v) is 22.0. The number of carbonyl (C=O) groups excluding carboxylic acids is 4. The molecule has 2 aliphatic rings. The fraction of sp³-hybridized carbons (Fsp3) is 0.417. The largest absolute Gasteiger partial charge is 0.446 e. The van der Waals surface area contributed by atoms with Crippen LogP contribution < -0.4 is 25.6 Å². The van der Waals surface area contributed by atoms with Gasteiger partial charge >= 0.3 is 12.7 Å². The molecule has 0 spiro atoms. The van der Waals surface area contributed by atoms with E-state index in [0.717, 1.165) is 23.8 Å². The Morgan fingerprint density at radius 2 is 2.00 bits per heavy atom. The van der Waals surface area contributed by atoms with E-state index in [1.807, 2.05) is 0 Å². The van der Waals surface area contributed by atoms with Crippen molar-refractivity contribution >= 4 is 58.1 Å². The zero-order chi connectivity index (χ0) is 27.9. The Hall–Kier alpha value is -3.49. The van der Waals surface area contributed by atoms with Gasteiger partial charge in [-0.25, -0.2) is 4.79 Å². The maximum Gasteiger partial charge on any atom is 0.408 e. The Labute approximate surface area is 230 Å². The van der Waals surface area contributed by atoms with Gasteiger partial charge in [-0.1, -0.05) is 11.6 Å². The highest BCUT2D eigenvalue weighted by Crippen LogP contribution is 2.33. The summed E-state index contributed by atoms with van der Waals surface area (Å²) in [5, 5.41) is 7.52. The van der Waals surface area contributed by atoms with Gasteiger partial charge in [0.05, 0.1) is 21.5 Å². The summed E-state index contributed by atoms with van der Waals surface area (Å²) in [5.41, 5.74) is 0.137. The number of alkyl halides is 2. The van der Waals surface area contributed by atoms with E-state index in [1.54, 1.807) is 6.07 Å². The van der Waals surface area contributed by atoms with Gasteiger partial charge in [0.15, 0.2) is 5.75 Å². The summed E-state index contributed by atoms with van der Waals surface area (Å²) in [6.45, 7) is -3.36. The van der Waals surface area contributed by atoms with Crippen LogP contribution in [-0.2, 0) is 19.1 Å². The smallest absolute Gasteiger partial charge is 0.408 e. The lowest BCUT2D eigenvalue weighted by Crippen LogP contribution is -2.51. The van der Waals surface area contributed by atoms with E-state index in [4.69, 9.17) is 21.1 Å². The predicted octanol–water partition coefficient (Wildman–Crippen LogP) is 3.38. The molecule has 39 heavy (non-hydrogen) atoms. The second-order valence-electron chi connectivity index (χ2n) is 8.62. The monoisotopic (exact) mass is 586 g/mol. The number of nitrogens with one attached hydrogen (secondary N) is 3. The Bertz CT molecular complexity index is 1230. The molecule has 11 nitrogen and oxygen atoms in total. The second kappa shape index (κ2) is 13.0. The number of ether oxygens (including phenoxy) is 3. The van der Waals surface area contributed by atoms with Gasteiger partial charge in [0, 0.05) is 24.8 Å². The van der Waals surface area contributed by atoms with Crippen LogP contribution in [0.15, 0.2) is 30.3 Å². The highest BCUT2D eigenvalue weighted by molar-refractivity contribution is 7.18. The van der Waals surface area contributed by atoms with Gasteiger partial charge in [0.1, 0.15) is 18.8 Å². The van der Waals surface area contributed by atoms with Crippen molar-refractivity contribution in [3.8, 4) is 5.75 Å². The van der Waals surface area contributed by atoms with E-state index in [2.05, 4.69) is 20.7 Å². The Kier molecular flexibility index (Phi) is 9.54. The SMILES string of the molecule is O=C(N[C@@H](CNC(=O)c1ccc(Cl)s1)C(=O)Nc1ccc(N2CCOCC2=O)c(OC(F)F)c1)OC1CCC1. The number of morpholine rings is 1. The van der Waals surface area contributed by atoms with Crippen molar-refractivity contribution in [1.82, 2.24) is 10.6 Å². The third-order valence-electron chi connectivity index (χ3n) is 5.92. The summed E-state index contributed by atoms with van der Waals surface area (Å²) < 4.78 is 41.6. The molecule has 4 rings (SSSR count). The quantitative estimate of drug-likeness (QED) is 0.388. The molecule has 1 saturated carbocycles. The van der Waals surface area contributed by atoms with E-state index < -0.39 is 36.5 Å². The minimum Gasteiger partial charge on any atom is -0.446 e. The van der Waals surface area contributed by atoms with Gasteiger partial charge in [-0.15, -0.1) is 11.3 Å². The highest BCUT2D eigenvalue weighted by atomic mass is 35.5. The number of carbonyl (C=O) groups is 4. The molecule has 2 aromatic rings.